The summed E-state index contributed by atoms with van der Waals surface area (Å²) in [4.78, 5) is 0. The Hall–Kier alpha value is -2.36. The molecule has 1 N–H and O–H groups in total. The van der Waals surface area contributed by atoms with Gasteiger partial charge in [-0.05, 0) is 60.9 Å². The summed E-state index contributed by atoms with van der Waals surface area (Å²) in [5, 5.41) is 4.30. The molecule has 0 saturated carbocycles. The van der Waals surface area contributed by atoms with Crippen LogP contribution in [-0.2, 0) is 0 Å². The molecule has 1 aliphatic rings. The Morgan fingerprint density at radius 2 is 1.69 bits per heavy atom. The summed E-state index contributed by atoms with van der Waals surface area (Å²) >= 11 is 11.1. The number of anilines is 1. The molecular formula is C25H24ClNOS. The van der Waals surface area contributed by atoms with E-state index in [-0.39, 0.29) is 10.8 Å². The molecule has 0 aromatic heterocycles. The molecule has 2 nitrogen and oxygen atoms in total. The average molecular weight is 422 g/mol. The predicted octanol–water partition coefficient (Wildman–Crippen LogP) is 7.27. The standard InChI is InChI=1S/C25H24ClNOS/c1-25(2)15-21(24(29)16-8-11-18(26)12-9-16)20-14-17(10-13-22(20)27-25)19-6-4-5-7-23(19)28-3/h4-15,24,27,29H,1-3H3. The molecule has 0 fully saturated rings. The minimum absolute atomic E-state index is 0.0553. The van der Waals surface area contributed by atoms with Crippen molar-refractivity contribution in [2.45, 2.75) is 24.6 Å². The van der Waals surface area contributed by atoms with Crippen molar-refractivity contribution in [2.24, 2.45) is 0 Å². The van der Waals surface area contributed by atoms with Gasteiger partial charge < -0.3 is 10.1 Å². The van der Waals surface area contributed by atoms with Crippen molar-refractivity contribution in [3.8, 4) is 16.9 Å². The Kier molecular flexibility index (Phi) is 5.37. The summed E-state index contributed by atoms with van der Waals surface area (Å²) in [6.07, 6.45) is 2.27. The molecular weight excluding hydrogens is 398 g/mol. The summed E-state index contributed by atoms with van der Waals surface area (Å²) in [6, 6.07) is 22.5. The third kappa shape index (κ3) is 4.03. The van der Waals surface area contributed by atoms with Crippen molar-refractivity contribution >= 4 is 35.5 Å². The van der Waals surface area contributed by atoms with E-state index in [0.717, 1.165) is 38.7 Å². The Morgan fingerprint density at radius 3 is 2.41 bits per heavy atom. The van der Waals surface area contributed by atoms with Crippen LogP contribution in [0.3, 0.4) is 0 Å². The molecule has 0 bridgehead atoms. The molecule has 3 aromatic rings. The third-order valence-corrected chi connectivity index (χ3v) is 6.03. The highest BCUT2D eigenvalue weighted by molar-refractivity contribution is 7.81. The molecule has 0 radical (unpaired) electrons. The molecule has 1 unspecified atom stereocenters. The van der Waals surface area contributed by atoms with Gasteiger partial charge in [-0.25, -0.2) is 0 Å². The lowest BCUT2D eigenvalue weighted by atomic mass is 9.85. The maximum Gasteiger partial charge on any atom is 0.126 e. The zero-order chi connectivity index (χ0) is 20.6. The summed E-state index contributed by atoms with van der Waals surface area (Å²) < 4.78 is 5.57. The minimum atomic E-state index is -0.165. The van der Waals surface area contributed by atoms with Gasteiger partial charge in [0.05, 0.1) is 17.9 Å². The number of benzene rings is 3. The maximum atomic E-state index is 6.08. The zero-order valence-corrected chi connectivity index (χ0v) is 18.4. The molecule has 0 saturated heterocycles. The molecule has 0 spiro atoms. The van der Waals surface area contributed by atoms with Gasteiger partial charge in [0.25, 0.3) is 0 Å². The molecule has 1 atom stereocenters. The molecule has 148 valence electrons. The van der Waals surface area contributed by atoms with Crippen LogP contribution in [0.2, 0.25) is 5.02 Å². The molecule has 29 heavy (non-hydrogen) atoms. The number of fused-ring (bicyclic) bond motifs is 1. The fraction of sp³-hybridized carbons (Fsp3) is 0.200. The van der Waals surface area contributed by atoms with Gasteiger partial charge >= 0.3 is 0 Å². The summed E-state index contributed by atoms with van der Waals surface area (Å²) in [6.45, 7) is 4.35. The summed E-state index contributed by atoms with van der Waals surface area (Å²) in [7, 11) is 1.71. The number of ether oxygens (including phenoxy) is 1. The first-order valence-electron chi connectivity index (χ1n) is 9.60. The SMILES string of the molecule is COc1ccccc1-c1ccc2c(c1)C(C(S)c1ccc(Cl)cc1)=CC(C)(C)N2. The zero-order valence-electron chi connectivity index (χ0n) is 16.7. The van der Waals surface area contributed by atoms with Crippen molar-refractivity contribution in [3.63, 3.8) is 0 Å². The summed E-state index contributed by atoms with van der Waals surface area (Å²) in [5.74, 6) is 0.863. The largest absolute Gasteiger partial charge is 0.496 e. The Bertz CT molecular complexity index is 1070. The van der Waals surface area contributed by atoms with Crippen LogP contribution >= 0.6 is 24.2 Å². The van der Waals surface area contributed by atoms with Crippen molar-refractivity contribution in [1.29, 1.82) is 0 Å². The van der Waals surface area contributed by atoms with Gasteiger partial charge in [0.1, 0.15) is 5.75 Å². The second-order valence-corrected chi connectivity index (χ2v) is 8.81. The van der Waals surface area contributed by atoms with E-state index in [0.29, 0.717) is 0 Å². The topological polar surface area (TPSA) is 21.3 Å². The van der Waals surface area contributed by atoms with Gasteiger partial charge in [-0.1, -0.05) is 54.1 Å². The van der Waals surface area contributed by atoms with Crippen molar-refractivity contribution in [1.82, 2.24) is 0 Å². The normalized spacial score (nSPS) is 15.7. The quantitative estimate of drug-likeness (QED) is 0.432. The highest BCUT2D eigenvalue weighted by atomic mass is 35.5. The fourth-order valence-electron chi connectivity index (χ4n) is 3.84. The third-order valence-electron chi connectivity index (χ3n) is 5.20. The van der Waals surface area contributed by atoms with Crippen LogP contribution in [0, 0.1) is 0 Å². The molecule has 1 heterocycles. The molecule has 4 rings (SSSR count). The van der Waals surface area contributed by atoms with Gasteiger partial charge in [-0.15, -0.1) is 0 Å². The molecule has 0 amide bonds. The van der Waals surface area contributed by atoms with Crippen molar-refractivity contribution in [2.75, 3.05) is 12.4 Å². The maximum absolute atomic E-state index is 6.08. The van der Waals surface area contributed by atoms with Crippen LogP contribution in [-0.4, -0.2) is 12.6 Å². The second-order valence-electron chi connectivity index (χ2n) is 7.86. The van der Waals surface area contributed by atoms with Crippen LogP contribution in [0.5, 0.6) is 5.75 Å². The van der Waals surface area contributed by atoms with E-state index in [1.54, 1.807) is 7.11 Å². The monoisotopic (exact) mass is 421 g/mol. The van der Waals surface area contributed by atoms with E-state index in [2.05, 4.69) is 49.5 Å². The number of para-hydroxylation sites is 1. The first-order valence-corrected chi connectivity index (χ1v) is 10.5. The Labute approximate surface area is 183 Å². The number of rotatable bonds is 4. The van der Waals surface area contributed by atoms with Crippen LogP contribution in [0.4, 0.5) is 5.69 Å². The number of methoxy groups -OCH3 is 1. The van der Waals surface area contributed by atoms with Crippen molar-refractivity contribution < 1.29 is 4.74 Å². The fourth-order valence-corrected chi connectivity index (χ4v) is 4.36. The lowest BCUT2D eigenvalue weighted by molar-refractivity contribution is 0.416. The molecule has 4 heteroatoms. The lowest BCUT2D eigenvalue weighted by Crippen LogP contribution is -2.32. The number of hydrogen-bond acceptors (Lipinski definition) is 3. The highest BCUT2D eigenvalue weighted by Gasteiger charge is 2.28. The first kappa shape index (κ1) is 19.9. The molecule has 0 aliphatic carbocycles. The van der Waals surface area contributed by atoms with E-state index in [9.17, 15) is 0 Å². The predicted molar refractivity (Wildman–Crippen MR) is 127 cm³/mol. The van der Waals surface area contributed by atoms with E-state index in [4.69, 9.17) is 29.0 Å². The molecule has 1 aliphatic heterocycles. The van der Waals surface area contributed by atoms with E-state index in [1.807, 2.05) is 42.5 Å². The van der Waals surface area contributed by atoms with E-state index in [1.165, 1.54) is 5.57 Å². The van der Waals surface area contributed by atoms with Crippen molar-refractivity contribution in [3.05, 3.63) is 89.0 Å². The first-order chi connectivity index (χ1) is 13.9. The van der Waals surface area contributed by atoms with Crippen LogP contribution in [0.1, 0.15) is 30.2 Å². The van der Waals surface area contributed by atoms with Gasteiger partial charge in [0.15, 0.2) is 0 Å². The van der Waals surface area contributed by atoms with E-state index < -0.39 is 0 Å². The van der Waals surface area contributed by atoms with Crippen LogP contribution in [0.25, 0.3) is 16.7 Å². The van der Waals surface area contributed by atoms with E-state index >= 15 is 0 Å². The minimum Gasteiger partial charge on any atom is -0.496 e. The van der Waals surface area contributed by atoms with Gasteiger partial charge in [-0.3, -0.25) is 0 Å². The smallest absolute Gasteiger partial charge is 0.126 e. The second kappa shape index (κ2) is 7.81. The van der Waals surface area contributed by atoms with Crippen LogP contribution < -0.4 is 10.1 Å². The Balaban J connectivity index is 1.83. The average Bonchev–Trinajstić information content (AvgIpc) is 2.72. The Morgan fingerprint density at radius 1 is 0.966 bits per heavy atom. The number of thiol groups is 1. The van der Waals surface area contributed by atoms with Gasteiger partial charge in [-0.2, -0.15) is 12.6 Å². The van der Waals surface area contributed by atoms with Crippen LogP contribution in [0.15, 0.2) is 72.8 Å². The number of nitrogens with one attached hydrogen (secondary N) is 1. The lowest BCUT2D eigenvalue weighted by Gasteiger charge is -2.34. The highest BCUT2D eigenvalue weighted by Crippen LogP contribution is 2.45. The summed E-state index contributed by atoms with van der Waals surface area (Å²) in [5.41, 5.74) is 6.60. The molecule has 3 aromatic carbocycles. The van der Waals surface area contributed by atoms with Gasteiger partial charge in [0.2, 0.25) is 0 Å². The number of hydrogen-bond donors (Lipinski definition) is 2. The number of halogens is 1. The van der Waals surface area contributed by atoms with Gasteiger partial charge in [0, 0.05) is 21.8 Å².